The van der Waals surface area contributed by atoms with Crippen LogP contribution >= 0.6 is 0 Å². The van der Waals surface area contributed by atoms with Crippen molar-refractivity contribution >= 4 is 5.91 Å². The van der Waals surface area contributed by atoms with Crippen molar-refractivity contribution in [1.29, 1.82) is 0 Å². The topological polar surface area (TPSA) is 60.9 Å². The van der Waals surface area contributed by atoms with Crippen molar-refractivity contribution in [1.82, 2.24) is 9.88 Å². The molecule has 2 aromatic carbocycles. The van der Waals surface area contributed by atoms with E-state index in [4.69, 9.17) is 14.2 Å². The highest BCUT2D eigenvalue weighted by molar-refractivity contribution is 5.94. The number of aromatic nitrogens is 1. The molecule has 1 aliphatic heterocycles. The maximum absolute atomic E-state index is 13.3. The van der Waals surface area contributed by atoms with Gasteiger partial charge in [-0.2, -0.15) is 13.2 Å². The zero-order chi connectivity index (χ0) is 24.8. The van der Waals surface area contributed by atoms with Gasteiger partial charge in [-0.05, 0) is 53.6 Å². The number of ether oxygens (including phenoxy) is 3. The molecule has 184 valence electrons. The van der Waals surface area contributed by atoms with Crippen LogP contribution in [-0.2, 0) is 24.0 Å². The van der Waals surface area contributed by atoms with Crippen molar-refractivity contribution in [3.05, 3.63) is 89.2 Å². The van der Waals surface area contributed by atoms with Gasteiger partial charge in [-0.15, -0.1) is 0 Å². The number of methoxy groups -OCH3 is 1. The monoisotopic (exact) mass is 486 g/mol. The third-order valence-corrected chi connectivity index (χ3v) is 5.63. The predicted molar refractivity (Wildman–Crippen MR) is 122 cm³/mol. The molecular weight excluding hydrogens is 461 g/mol. The molecule has 1 atom stereocenters. The number of benzene rings is 2. The van der Waals surface area contributed by atoms with Crippen molar-refractivity contribution in [2.24, 2.45) is 0 Å². The molecule has 1 fully saturated rings. The number of nitrogens with zero attached hydrogens (tertiary/aromatic N) is 2. The fraction of sp³-hybridized carbons (Fsp3) is 0.308. The number of carbonyl (C=O) groups excluding carboxylic acids is 1. The Kier molecular flexibility index (Phi) is 7.55. The van der Waals surface area contributed by atoms with Crippen LogP contribution in [0.4, 0.5) is 13.2 Å². The van der Waals surface area contributed by atoms with E-state index in [9.17, 15) is 18.0 Å². The van der Waals surface area contributed by atoms with Crippen LogP contribution in [0.3, 0.4) is 0 Å². The van der Waals surface area contributed by atoms with Crippen LogP contribution in [0.1, 0.15) is 33.5 Å². The molecule has 0 N–H and O–H groups in total. The Morgan fingerprint density at radius 2 is 1.86 bits per heavy atom. The summed E-state index contributed by atoms with van der Waals surface area (Å²) in [4.78, 5) is 19.0. The molecule has 1 aliphatic rings. The zero-order valence-electron chi connectivity index (χ0n) is 19.1. The summed E-state index contributed by atoms with van der Waals surface area (Å²) in [5.41, 5.74) is 0.929. The van der Waals surface area contributed by atoms with Crippen molar-refractivity contribution in [3.8, 4) is 11.5 Å². The number of carbonyl (C=O) groups is 1. The lowest BCUT2D eigenvalue weighted by atomic mass is 10.1. The minimum Gasteiger partial charge on any atom is -0.493 e. The van der Waals surface area contributed by atoms with Crippen LogP contribution in [0.25, 0.3) is 0 Å². The second-order valence-electron chi connectivity index (χ2n) is 8.19. The van der Waals surface area contributed by atoms with Crippen molar-refractivity contribution in [2.75, 3.05) is 20.3 Å². The number of amides is 1. The maximum atomic E-state index is 13.3. The maximum Gasteiger partial charge on any atom is 0.416 e. The van der Waals surface area contributed by atoms with Gasteiger partial charge in [0.1, 0.15) is 6.10 Å². The summed E-state index contributed by atoms with van der Waals surface area (Å²) in [7, 11) is 1.54. The second-order valence-corrected chi connectivity index (χ2v) is 8.19. The van der Waals surface area contributed by atoms with Crippen molar-refractivity contribution in [3.63, 3.8) is 0 Å². The minimum absolute atomic E-state index is 0.0434. The summed E-state index contributed by atoms with van der Waals surface area (Å²) >= 11 is 0. The van der Waals surface area contributed by atoms with Crippen LogP contribution in [0.5, 0.6) is 11.5 Å². The molecule has 4 rings (SSSR count). The average molecular weight is 486 g/mol. The first kappa shape index (κ1) is 24.5. The Labute approximate surface area is 201 Å². The highest BCUT2D eigenvalue weighted by atomic mass is 19.4. The first-order chi connectivity index (χ1) is 16.8. The van der Waals surface area contributed by atoms with Crippen molar-refractivity contribution in [2.45, 2.75) is 31.8 Å². The van der Waals surface area contributed by atoms with E-state index in [2.05, 4.69) is 4.98 Å². The van der Waals surface area contributed by atoms with Gasteiger partial charge in [0.25, 0.3) is 5.91 Å². The molecule has 1 aromatic heterocycles. The molecule has 9 heteroatoms. The summed E-state index contributed by atoms with van der Waals surface area (Å²) in [6, 6.07) is 13.2. The van der Waals surface area contributed by atoms with Crippen LogP contribution in [0.2, 0.25) is 0 Å². The molecule has 0 radical (unpaired) electrons. The first-order valence-electron chi connectivity index (χ1n) is 11.1. The standard InChI is InChI=1S/C26H25F3N2O4/c1-33-24-13-18(4-9-23(24)35-22-10-12-34-17-22)15-31(16-19-3-2-11-30-14-19)25(32)20-5-7-21(8-6-20)26(27,28)29/h2-9,11,13-14,22H,10,12,15-17H2,1H3/t22-/m1/s1. The Morgan fingerprint density at radius 3 is 2.49 bits per heavy atom. The molecule has 3 aromatic rings. The average Bonchev–Trinajstić information content (AvgIpc) is 3.37. The molecule has 6 nitrogen and oxygen atoms in total. The molecule has 0 saturated carbocycles. The number of halogens is 3. The van der Waals surface area contributed by atoms with Gasteiger partial charge in [0, 0.05) is 37.5 Å². The quantitative estimate of drug-likeness (QED) is 0.442. The van der Waals surface area contributed by atoms with E-state index >= 15 is 0 Å². The molecule has 2 heterocycles. The minimum atomic E-state index is -4.47. The van der Waals surface area contributed by atoms with E-state index in [1.54, 1.807) is 35.5 Å². The van der Waals surface area contributed by atoms with Gasteiger partial charge in [-0.1, -0.05) is 12.1 Å². The summed E-state index contributed by atoms with van der Waals surface area (Å²) in [6.07, 6.45) is -0.440. The van der Waals surface area contributed by atoms with E-state index < -0.39 is 17.6 Å². The number of rotatable bonds is 8. The Morgan fingerprint density at radius 1 is 1.09 bits per heavy atom. The fourth-order valence-electron chi connectivity index (χ4n) is 3.81. The zero-order valence-corrected chi connectivity index (χ0v) is 19.1. The molecule has 0 spiro atoms. The van der Waals surface area contributed by atoms with Crippen LogP contribution in [0.15, 0.2) is 67.0 Å². The number of pyridine rings is 1. The summed E-state index contributed by atoms with van der Waals surface area (Å²) in [6.45, 7) is 1.61. The SMILES string of the molecule is COc1cc(CN(Cc2cccnc2)C(=O)c2ccc(C(F)(F)F)cc2)ccc1O[C@@H]1CCOC1. The number of hydrogen-bond donors (Lipinski definition) is 0. The largest absolute Gasteiger partial charge is 0.493 e. The van der Waals surface area contributed by atoms with Gasteiger partial charge in [0.2, 0.25) is 0 Å². The molecule has 1 amide bonds. The molecule has 0 aliphatic carbocycles. The van der Waals surface area contributed by atoms with Gasteiger partial charge in [-0.3, -0.25) is 9.78 Å². The highest BCUT2D eigenvalue weighted by Gasteiger charge is 2.30. The number of hydrogen-bond acceptors (Lipinski definition) is 5. The Bertz CT molecular complexity index is 1130. The lowest BCUT2D eigenvalue weighted by Crippen LogP contribution is -2.30. The third-order valence-electron chi connectivity index (χ3n) is 5.63. The van der Waals surface area contributed by atoms with Gasteiger partial charge < -0.3 is 19.1 Å². The first-order valence-corrected chi connectivity index (χ1v) is 11.1. The fourth-order valence-corrected chi connectivity index (χ4v) is 3.81. The lowest BCUT2D eigenvalue weighted by Gasteiger charge is -2.24. The van der Waals surface area contributed by atoms with E-state index in [1.807, 2.05) is 12.1 Å². The molecule has 35 heavy (non-hydrogen) atoms. The molecule has 0 bridgehead atoms. The Balaban J connectivity index is 1.57. The van der Waals surface area contributed by atoms with Crippen molar-refractivity contribution < 1.29 is 32.2 Å². The summed E-state index contributed by atoms with van der Waals surface area (Å²) in [5.74, 6) is 0.710. The lowest BCUT2D eigenvalue weighted by molar-refractivity contribution is -0.137. The van der Waals surface area contributed by atoms with Crippen LogP contribution in [0, 0.1) is 0 Å². The summed E-state index contributed by atoms with van der Waals surface area (Å²) < 4.78 is 55.7. The van der Waals surface area contributed by atoms with E-state index in [-0.39, 0.29) is 24.8 Å². The third kappa shape index (κ3) is 6.30. The smallest absolute Gasteiger partial charge is 0.416 e. The molecular formula is C26H25F3N2O4. The van der Waals surface area contributed by atoms with E-state index in [0.29, 0.717) is 24.7 Å². The summed E-state index contributed by atoms with van der Waals surface area (Å²) in [5, 5.41) is 0. The van der Waals surface area contributed by atoms with Gasteiger partial charge in [-0.25, -0.2) is 0 Å². The highest BCUT2D eigenvalue weighted by Crippen LogP contribution is 2.32. The van der Waals surface area contributed by atoms with Gasteiger partial charge in [0.15, 0.2) is 11.5 Å². The van der Waals surface area contributed by atoms with Crippen LogP contribution < -0.4 is 9.47 Å². The van der Waals surface area contributed by atoms with E-state index in [1.165, 1.54) is 19.2 Å². The predicted octanol–water partition coefficient (Wildman–Crippen LogP) is 5.12. The normalized spacial score (nSPS) is 15.6. The number of alkyl halides is 3. The Hall–Kier alpha value is -3.59. The molecule has 1 saturated heterocycles. The van der Waals surface area contributed by atoms with Gasteiger partial charge >= 0.3 is 6.18 Å². The van der Waals surface area contributed by atoms with Gasteiger partial charge in [0.05, 0.1) is 25.9 Å². The van der Waals surface area contributed by atoms with E-state index in [0.717, 1.165) is 29.7 Å². The van der Waals surface area contributed by atoms with Crippen LogP contribution in [-0.4, -0.2) is 42.2 Å². The molecule has 0 unspecified atom stereocenters. The second kappa shape index (κ2) is 10.8.